The van der Waals surface area contributed by atoms with E-state index in [4.69, 9.17) is 0 Å². The van der Waals surface area contributed by atoms with Crippen molar-refractivity contribution in [2.24, 2.45) is 0 Å². The Morgan fingerprint density at radius 3 is 2.52 bits per heavy atom. The van der Waals surface area contributed by atoms with Gasteiger partial charge in [0.1, 0.15) is 0 Å². The molecule has 1 saturated carbocycles. The first kappa shape index (κ1) is 16.3. The Morgan fingerprint density at radius 2 is 1.86 bits per heavy atom. The molecule has 2 N–H and O–H groups in total. The summed E-state index contributed by atoms with van der Waals surface area (Å²) in [7, 11) is -3.29. The summed E-state index contributed by atoms with van der Waals surface area (Å²) in [5, 5.41) is 3.09. The molecule has 1 fully saturated rings. The highest BCUT2D eigenvalue weighted by Gasteiger charge is 2.28. The molecule has 1 atom stereocenters. The molecule has 0 aromatic heterocycles. The number of para-hydroxylation sites is 1. The average Bonchev–Trinajstić information content (AvgIpc) is 2.48. The van der Waals surface area contributed by atoms with Crippen LogP contribution in [-0.2, 0) is 10.0 Å². The Hall–Kier alpha value is -1.07. The summed E-state index contributed by atoms with van der Waals surface area (Å²) >= 11 is 0. The van der Waals surface area contributed by atoms with Gasteiger partial charge in [0.15, 0.2) is 0 Å². The molecule has 0 radical (unpaired) electrons. The van der Waals surface area contributed by atoms with E-state index in [0.29, 0.717) is 5.69 Å². The summed E-state index contributed by atoms with van der Waals surface area (Å²) in [6.07, 6.45) is 4.74. The molecule has 1 aliphatic rings. The molecule has 1 aromatic rings. The van der Waals surface area contributed by atoms with Crippen molar-refractivity contribution in [1.29, 1.82) is 0 Å². The third-order valence-corrected chi connectivity index (χ3v) is 6.03. The average molecular weight is 310 g/mol. The van der Waals surface area contributed by atoms with E-state index in [1.165, 1.54) is 0 Å². The van der Waals surface area contributed by atoms with Gasteiger partial charge in [0.05, 0.1) is 10.9 Å². The Balaban J connectivity index is 2.18. The zero-order valence-corrected chi connectivity index (χ0v) is 13.7. The quantitative estimate of drug-likeness (QED) is 0.846. The van der Waals surface area contributed by atoms with Gasteiger partial charge in [-0.15, -0.1) is 0 Å². The van der Waals surface area contributed by atoms with Crippen molar-refractivity contribution in [3.8, 4) is 0 Å². The minimum absolute atomic E-state index is 0.125. The molecule has 5 heteroatoms. The first-order chi connectivity index (χ1) is 10.0. The molecule has 1 aliphatic carbocycles. The van der Waals surface area contributed by atoms with Crippen LogP contribution in [0, 0.1) is 0 Å². The van der Waals surface area contributed by atoms with Crippen LogP contribution < -0.4 is 10.0 Å². The molecular formula is C16H26N2O2S. The van der Waals surface area contributed by atoms with Crippen molar-refractivity contribution in [2.45, 2.75) is 57.2 Å². The first-order valence-electron chi connectivity index (χ1n) is 7.88. The van der Waals surface area contributed by atoms with Crippen LogP contribution in [0.3, 0.4) is 0 Å². The summed E-state index contributed by atoms with van der Waals surface area (Å²) in [5.74, 6) is 0. The van der Waals surface area contributed by atoms with Crippen molar-refractivity contribution in [3.63, 3.8) is 0 Å². The van der Waals surface area contributed by atoms with E-state index in [2.05, 4.69) is 17.0 Å². The van der Waals surface area contributed by atoms with Crippen molar-refractivity contribution in [2.75, 3.05) is 11.3 Å². The minimum atomic E-state index is -3.29. The zero-order chi connectivity index (χ0) is 15.3. The molecule has 118 valence electrons. The van der Waals surface area contributed by atoms with Crippen molar-refractivity contribution in [3.05, 3.63) is 29.8 Å². The lowest BCUT2D eigenvalue weighted by Gasteiger charge is -2.24. The van der Waals surface area contributed by atoms with Gasteiger partial charge in [-0.25, -0.2) is 8.42 Å². The molecule has 1 aromatic carbocycles. The van der Waals surface area contributed by atoms with Gasteiger partial charge in [0.25, 0.3) is 0 Å². The summed E-state index contributed by atoms with van der Waals surface area (Å²) in [6.45, 7) is 4.95. The minimum Gasteiger partial charge on any atom is -0.310 e. The number of sulfonamides is 1. The molecule has 21 heavy (non-hydrogen) atoms. The van der Waals surface area contributed by atoms with Crippen LogP contribution in [0.25, 0.3) is 0 Å². The Kier molecular flexibility index (Phi) is 5.65. The zero-order valence-electron chi connectivity index (χ0n) is 12.9. The lowest BCUT2D eigenvalue weighted by Crippen LogP contribution is -2.30. The maximum atomic E-state index is 12.6. The molecule has 1 unspecified atom stereocenters. The topological polar surface area (TPSA) is 58.2 Å². The number of benzene rings is 1. The van der Waals surface area contributed by atoms with E-state index < -0.39 is 10.0 Å². The molecule has 4 nitrogen and oxygen atoms in total. The molecule has 0 spiro atoms. The van der Waals surface area contributed by atoms with Gasteiger partial charge in [-0.3, -0.25) is 4.72 Å². The van der Waals surface area contributed by atoms with E-state index in [9.17, 15) is 8.42 Å². The van der Waals surface area contributed by atoms with Gasteiger partial charge in [-0.1, -0.05) is 44.4 Å². The molecular weight excluding hydrogens is 284 g/mol. The fourth-order valence-electron chi connectivity index (χ4n) is 3.00. The van der Waals surface area contributed by atoms with Crippen molar-refractivity contribution >= 4 is 15.7 Å². The Bertz CT molecular complexity index is 551. The number of hydrogen-bond donors (Lipinski definition) is 2. The predicted octanol–water partition coefficient (Wildman–Crippen LogP) is 3.43. The first-order valence-corrected chi connectivity index (χ1v) is 9.43. The second kappa shape index (κ2) is 7.27. The molecule has 0 bridgehead atoms. The van der Waals surface area contributed by atoms with Gasteiger partial charge in [0.2, 0.25) is 10.0 Å². The smallest absolute Gasteiger partial charge is 0.235 e. The van der Waals surface area contributed by atoms with Crippen LogP contribution >= 0.6 is 0 Å². The summed E-state index contributed by atoms with van der Waals surface area (Å²) in [6, 6.07) is 7.78. The maximum absolute atomic E-state index is 12.6. The van der Waals surface area contributed by atoms with Crippen LogP contribution in [-0.4, -0.2) is 20.2 Å². The van der Waals surface area contributed by atoms with Crippen LogP contribution in [0.15, 0.2) is 24.3 Å². The number of nitrogens with one attached hydrogen (secondary N) is 2. The van der Waals surface area contributed by atoms with E-state index in [0.717, 1.165) is 44.2 Å². The molecule has 0 amide bonds. The molecule has 0 saturated heterocycles. The lowest BCUT2D eigenvalue weighted by atomic mass is 10.0. The number of rotatable bonds is 6. The predicted molar refractivity (Wildman–Crippen MR) is 87.9 cm³/mol. The number of anilines is 1. The lowest BCUT2D eigenvalue weighted by molar-refractivity contribution is 0.486. The van der Waals surface area contributed by atoms with Gasteiger partial charge in [-0.2, -0.15) is 0 Å². The summed E-state index contributed by atoms with van der Waals surface area (Å²) < 4.78 is 27.9. The molecule has 0 aliphatic heterocycles. The second-order valence-corrected chi connectivity index (χ2v) is 7.73. The fraction of sp³-hybridized carbons (Fsp3) is 0.625. The summed E-state index contributed by atoms with van der Waals surface area (Å²) in [4.78, 5) is 0. The SMILES string of the molecule is CCNC(C)c1ccccc1NS(=O)(=O)C1CCCCC1. The van der Waals surface area contributed by atoms with Crippen LogP contribution in [0.4, 0.5) is 5.69 Å². The third-order valence-electron chi connectivity index (χ3n) is 4.18. The van der Waals surface area contributed by atoms with Gasteiger partial charge >= 0.3 is 0 Å². The summed E-state index contributed by atoms with van der Waals surface area (Å²) in [5.41, 5.74) is 1.70. The third kappa shape index (κ3) is 4.20. The van der Waals surface area contributed by atoms with E-state index in [1.54, 1.807) is 0 Å². The van der Waals surface area contributed by atoms with Gasteiger partial charge in [-0.05, 0) is 37.9 Å². The number of hydrogen-bond acceptors (Lipinski definition) is 3. The van der Waals surface area contributed by atoms with Crippen molar-refractivity contribution < 1.29 is 8.42 Å². The maximum Gasteiger partial charge on any atom is 0.235 e. The van der Waals surface area contributed by atoms with Crippen LogP contribution in [0.5, 0.6) is 0 Å². The highest BCUT2D eigenvalue weighted by molar-refractivity contribution is 7.93. The highest BCUT2D eigenvalue weighted by atomic mass is 32.2. The highest BCUT2D eigenvalue weighted by Crippen LogP contribution is 2.28. The Labute approximate surface area is 128 Å². The van der Waals surface area contributed by atoms with E-state index in [1.807, 2.05) is 31.2 Å². The van der Waals surface area contributed by atoms with Crippen LogP contribution in [0.1, 0.15) is 57.6 Å². The molecule has 0 heterocycles. The van der Waals surface area contributed by atoms with Gasteiger partial charge < -0.3 is 5.32 Å². The largest absolute Gasteiger partial charge is 0.310 e. The van der Waals surface area contributed by atoms with E-state index in [-0.39, 0.29) is 11.3 Å². The van der Waals surface area contributed by atoms with Gasteiger partial charge in [0, 0.05) is 6.04 Å². The normalized spacial score (nSPS) is 18.4. The van der Waals surface area contributed by atoms with Crippen molar-refractivity contribution in [1.82, 2.24) is 5.32 Å². The second-order valence-electron chi connectivity index (χ2n) is 5.77. The van der Waals surface area contributed by atoms with E-state index >= 15 is 0 Å². The monoisotopic (exact) mass is 310 g/mol. The van der Waals surface area contributed by atoms with Crippen LogP contribution in [0.2, 0.25) is 0 Å². The Morgan fingerprint density at radius 1 is 1.19 bits per heavy atom. The molecule has 2 rings (SSSR count). The standard InChI is InChI=1S/C16H26N2O2S/c1-3-17-13(2)15-11-7-8-12-16(15)18-21(19,20)14-9-5-4-6-10-14/h7-8,11-14,17-18H,3-6,9-10H2,1-2H3. The fourth-order valence-corrected chi connectivity index (χ4v) is 4.61.